The van der Waals surface area contributed by atoms with Crippen LogP contribution in [0.1, 0.15) is 18.6 Å². The van der Waals surface area contributed by atoms with E-state index in [-0.39, 0.29) is 19.0 Å². The number of carboxylic acids is 2. The first kappa shape index (κ1) is 29.0. The summed E-state index contributed by atoms with van der Waals surface area (Å²) < 4.78 is 14.0. The highest BCUT2D eigenvalue weighted by atomic mass is 19.1. The molecule has 0 heterocycles. The van der Waals surface area contributed by atoms with Gasteiger partial charge in [0.05, 0.1) is 0 Å². The molecule has 0 saturated carbocycles. The number of allylic oxidation sites excluding steroid dienone is 1. The predicted octanol–water partition coefficient (Wildman–Crippen LogP) is 3.87. The summed E-state index contributed by atoms with van der Waals surface area (Å²) in [6.45, 7) is 1.13. The second-order valence-electron chi connectivity index (χ2n) is 6.53. The van der Waals surface area contributed by atoms with Crippen LogP contribution in [0.4, 0.5) is 4.39 Å². The average Bonchev–Trinajstić information content (AvgIpc) is 2.74. The standard InChI is InChI=1S/C19H21FN2O2.C4H4O4.CH4/c1-22(2)13-14-24-21-19(17-5-3-4-6-18(17)20)12-9-15-7-10-16(23)11-8-15;5-3(6)1-2-4(7)8;/h3-12,23H,13-14H2,1-2H3;1-2H,(H,5,6)(H,7,8);1H4/b12-9?,21-19-;2-1+;. The molecule has 0 saturated heterocycles. The van der Waals surface area contributed by atoms with E-state index in [1.807, 2.05) is 19.0 Å². The summed E-state index contributed by atoms with van der Waals surface area (Å²) in [4.78, 5) is 26.4. The number of phenols is 1. The van der Waals surface area contributed by atoms with Crippen molar-refractivity contribution in [2.24, 2.45) is 5.16 Å². The quantitative estimate of drug-likeness (QED) is 0.225. The summed E-state index contributed by atoms with van der Waals surface area (Å²) in [5.41, 5.74) is 1.64. The summed E-state index contributed by atoms with van der Waals surface area (Å²) in [5, 5.41) is 29.0. The highest BCUT2D eigenvalue weighted by Gasteiger charge is 2.07. The van der Waals surface area contributed by atoms with Crippen LogP contribution >= 0.6 is 0 Å². The lowest BCUT2D eigenvalue weighted by molar-refractivity contribution is -0.134. The van der Waals surface area contributed by atoms with Crippen LogP contribution in [-0.2, 0) is 14.4 Å². The number of rotatable bonds is 9. The molecule has 0 bridgehead atoms. The fourth-order valence-electron chi connectivity index (χ4n) is 2.08. The maximum absolute atomic E-state index is 14.0. The molecule has 0 amide bonds. The number of phenolic OH excluding ortho intramolecular Hbond substituents is 1. The first-order chi connectivity index (χ1) is 15.2. The highest BCUT2D eigenvalue weighted by Crippen LogP contribution is 2.13. The number of oxime groups is 1. The third kappa shape index (κ3) is 13.1. The molecule has 0 unspecified atom stereocenters. The molecule has 0 aromatic heterocycles. The molecule has 0 radical (unpaired) electrons. The van der Waals surface area contributed by atoms with Crippen LogP contribution in [0.3, 0.4) is 0 Å². The van der Waals surface area contributed by atoms with Crippen molar-refractivity contribution in [2.45, 2.75) is 7.43 Å². The van der Waals surface area contributed by atoms with Gasteiger partial charge in [-0.25, -0.2) is 14.0 Å². The Hall–Kier alpha value is -3.98. The molecule has 0 atom stereocenters. The zero-order valence-electron chi connectivity index (χ0n) is 17.7. The zero-order valence-corrected chi connectivity index (χ0v) is 17.7. The van der Waals surface area contributed by atoms with Gasteiger partial charge >= 0.3 is 11.9 Å². The van der Waals surface area contributed by atoms with Gasteiger partial charge in [0.25, 0.3) is 0 Å². The van der Waals surface area contributed by atoms with E-state index < -0.39 is 11.9 Å². The largest absolute Gasteiger partial charge is 0.508 e. The van der Waals surface area contributed by atoms with Crippen LogP contribution in [0, 0.1) is 5.82 Å². The molecule has 33 heavy (non-hydrogen) atoms. The molecule has 2 aromatic rings. The van der Waals surface area contributed by atoms with E-state index in [2.05, 4.69) is 5.16 Å². The summed E-state index contributed by atoms with van der Waals surface area (Å²) >= 11 is 0. The minimum absolute atomic E-state index is 0. The number of halogens is 1. The van der Waals surface area contributed by atoms with Gasteiger partial charge in [0.1, 0.15) is 23.9 Å². The van der Waals surface area contributed by atoms with Gasteiger partial charge in [-0.15, -0.1) is 0 Å². The van der Waals surface area contributed by atoms with Crippen molar-refractivity contribution < 1.29 is 34.1 Å². The Balaban J connectivity index is 0.000000978. The highest BCUT2D eigenvalue weighted by molar-refractivity contribution is 6.10. The Kier molecular flexibility index (Phi) is 13.9. The Morgan fingerprint density at radius 2 is 1.58 bits per heavy atom. The molecule has 9 heteroatoms. The topological polar surface area (TPSA) is 120 Å². The molecule has 2 rings (SSSR count). The summed E-state index contributed by atoms with van der Waals surface area (Å²) in [6.07, 6.45) is 4.60. The lowest BCUT2D eigenvalue weighted by Crippen LogP contribution is -2.17. The first-order valence-corrected chi connectivity index (χ1v) is 9.39. The van der Waals surface area contributed by atoms with E-state index in [0.717, 1.165) is 12.1 Å². The van der Waals surface area contributed by atoms with Crippen molar-refractivity contribution in [3.63, 3.8) is 0 Å². The normalized spacial score (nSPS) is 11.1. The van der Waals surface area contributed by atoms with Crippen molar-refractivity contribution in [2.75, 3.05) is 27.2 Å². The van der Waals surface area contributed by atoms with Gasteiger partial charge in [-0.3, -0.25) is 0 Å². The second-order valence-corrected chi connectivity index (χ2v) is 6.53. The predicted molar refractivity (Wildman–Crippen MR) is 126 cm³/mol. The average molecular weight is 461 g/mol. The molecule has 0 aliphatic carbocycles. The SMILES string of the molecule is C.CN(C)CCO/N=C(/C=Cc1ccc(O)cc1)c1ccccc1F.O=C(O)/C=C/C(=O)O. The molecule has 2 aromatic carbocycles. The zero-order chi connectivity index (χ0) is 23.9. The first-order valence-electron chi connectivity index (χ1n) is 9.39. The molecule has 0 fully saturated rings. The fraction of sp³-hybridized carbons (Fsp3) is 0.208. The molecule has 8 nitrogen and oxygen atoms in total. The van der Waals surface area contributed by atoms with E-state index in [1.54, 1.807) is 54.6 Å². The Labute approximate surface area is 192 Å². The number of aromatic hydroxyl groups is 1. The van der Waals surface area contributed by atoms with Gasteiger partial charge in [-0.05, 0) is 50.0 Å². The van der Waals surface area contributed by atoms with Crippen LogP contribution in [0.25, 0.3) is 6.08 Å². The molecular formula is C24H29FN2O6. The number of hydrogen-bond acceptors (Lipinski definition) is 6. The number of benzene rings is 2. The molecule has 3 N–H and O–H groups in total. The van der Waals surface area contributed by atoms with E-state index in [9.17, 15) is 19.1 Å². The van der Waals surface area contributed by atoms with Crippen molar-refractivity contribution in [3.8, 4) is 5.75 Å². The molecule has 0 spiro atoms. The minimum Gasteiger partial charge on any atom is -0.508 e. The summed E-state index contributed by atoms with van der Waals surface area (Å²) in [7, 11) is 3.88. The van der Waals surface area contributed by atoms with Crippen LogP contribution in [0.15, 0.2) is 71.9 Å². The van der Waals surface area contributed by atoms with E-state index in [1.165, 1.54) is 6.07 Å². The maximum Gasteiger partial charge on any atom is 0.328 e. The van der Waals surface area contributed by atoms with Gasteiger partial charge in [0.2, 0.25) is 0 Å². The number of aliphatic carboxylic acids is 2. The minimum atomic E-state index is -1.26. The second kappa shape index (κ2) is 15.8. The van der Waals surface area contributed by atoms with Gasteiger partial charge in [0.15, 0.2) is 0 Å². The summed E-state index contributed by atoms with van der Waals surface area (Å²) in [6, 6.07) is 13.1. The van der Waals surface area contributed by atoms with Crippen molar-refractivity contribution in [1.82, 2.24) is 4.90 Å². The van der Waals surface area contributed by atoms with E-state index >= 15 is 0 Å². The smallest absolute Gasteiger partial charge is 0.328 e. The van der Waals surface area contributed by atoms with Crippen molar-refractivity contribution >= 4 is 23.7 Å². The lowest BCUT2D eigenvalue weighted by Gasteiger charge is -2.08. The summed E-state index contributed by atoms with van der Waals surface area (Å²) in [5.74, 6) is -2.68. The van der Waals surface area contributed by atoms with E-state index in [4.69, 9.17) is 15.1 Å². The number of likely N-dealkylation sites (N-methyl/N-ethyl adjacent to an activating group) is 1. The van der Waals surface area contributed by atoms with Gasteiger partial charge in [0, 0.05) is 24.3 Å². The number of nitrogens with zero attached hydrogens (tertiary/aromatic N) is 2. The van der Waals surface area contributed by atoms with Crippen LogP contribution in [0.5, 0.6) is 5.75 Å². The Morgan fingerprint density at radius 3 is 2.09 bits per heavy atom. The molecule has 0 aliphatic heterocycles. The molecular weight excluding hydrogens is 431 g/mol. The number of carboxylic acid groups (broad SMARTS) is 2. The van der Waals surface area contributed by atoms with Crippen LogP contribution in [-0.4, -0.2) is 65.1 Å². The Bertz CT molecular complexity index is 953. The third-order valence-corrected chi connectivity index (χ3v) is 3.64. The van der Waals surface area contributed by atoms with Gasteiger partial charge in [-0.2, -0.15) is 0 Å². The maximum atomic E-state index is 14.0. The van der Waals surface area contributed by atoms with Crippen LogP contribution < -0.4 is 0 Å². The molecule has 178 valence electrons. The fourth-order valence-corrected chi connectivity index (χ4v) is 2.08. The molecule has 0 aliphatic rings. The number of hydrogen-bond donors (Lipinski definition) is 3. The van der Waals surface area contributed by atoms with Crippen molar-refractivity contribution in [3.05, 3.63) is 83.7 Å². The van der Waals surface area contributed by atoms with E-state index in [0.29, 0.717) is 30.0 Å². The number of carbonyl (C=O) groups is 2. The van der Waals surface area contributed by atoms with Crippen LogP contribution in [0.2, 0.25) is 0 Å². The van der Waals surface area contributed by atoms with Gasteiger partial charge in [-0.1, -0.05) is 42.9 Å². The monoisotopic (exact) mass is 460 g/mol. The van der Waals surface area contributed by atoms with Gasteiger partial charge < -0.3 is 25.1 Å². The third-order valence-electron chi connectivity index (χ3n) is 3.64. The van der Waals surface area contributed by atoms with Crippen molar-refractivity contribution in [1.29, 1.82) is 0 Å². The lowest BCUT2D eigenvalue weighted by atomic mass is 10.1. The Morgan fingerprint density at radius 1 is 1.00 bits per heavy atom.